The van der Waals surface area contributed by atoms with Gasteiger partial charge in [-0.15, -0.1) is 0 Å². The van der Waals surface area contributed by atoms with Gasteiger partial charge in [-0.3, -0.25) is 0 Å². The van der Waals surface area contributed by atoms with Crippen molar-refractivity contribution >= 4 is 25.6 Å². The average Bonchev–Trinajstić information content (AvgIpc) is 2.25. The molecule has 0 aliphatic heterocycles. The van der Waals surface area contributed by atoms with Crippen LogP contribution in [0.4, 0.5) is 5.69 Å². The quantitative estimate of drug-likeness (QED) is 0.501. The van der Waals surface area contributed by atoms with Gasteiger partial charge in [0.15, 0.2) is 8.32 Å². The Bertz CT molecular complexity index is 374. The van der Waals surface area contributed by atoms with Gasteiger partial charge in [0.05, 0.1) is 18.5 Å². The van der Waals surface area contributed by atoms with Crippen molar-refractivity contribution < 1.29 is 4.43 Å². The van der Waals surface area contributed by atoms with Crippen LogP contribution >= 0.6 is 11.6 Å². The number of nitrogens with zero attached hydrogens (tertiary/aromatic N) is 1. The van der Waals surface area contributed by atoms with E-state index in [4.69, 9.17) is 16.0 Å². The van der Waals surface area contributed by atoms with Gasteiger partial charge in [0.1, 0.15) is 5.15 Å². The van der Waals surface area contributed by atoms with E-state index in [1.807, 2.05) is 6.07 Å². The Morgan fingerprint density at radius 3 is 2.50 bits per heavy atom. The predicted octanol–water partition coefficient (Wildman–Crippen LogP) is 4.17. The predicted molar refractivity (Wildman–Crippen MR) is 80.9 cm³/mol. The standard InChI is InChI=1S/C13H23ClN2OSi/c1-13(2,3)18(4,5)17-9-8-15-11-6-7-12(14)16-10-11/h6-7,10,15H,8-9H2,1-5H3. The van der Waals surface area contributed by atoms with Crippen molar-refractivity contribution in [3.63, 3.8) is 0 Å². The van der Waals surface area contributed by atoms with Gasteiger partial charge >= 0.3 is 0 Å². The molecule has 0 aromatic carbocycles. The number of hydrogen-bond donors (Lipinski definition) is 1. The summed E-state index contributed by atoms with van der Waals surface area (Å²) in [5.41, 5.74) is 0.971. The number of rotatable bonds is 5. The molecule has 1 aromatic heterocycles. The van der Waals surface area contributed by atoms with Crippen LogP contribution in [0.15, 0.2) is 18.3 Å². The van der Waals surface area contributed by atoms with Crippen LogP contribution < -0.4 is 5.32 Å². The highest BCUT2D eigenvalue weighted by atomic mass is 35.5. The highest BCUT2D eigenvalue weighted by molar-refractivity contribution is 6.74. The molecule has 0 unspecified atom stereocenters. The minimum Gasteiger partial charge on any atom is -0.415 e. The lowest BCUT2D eigenvalue weighted by atomic mass is 10.2. The number of nitrogens with one attached hydrogen (secondary N) is 1. The molecule has 5 heteroatoms. The van der Waals surface area contributed by atoms with Gasteiger partial charge < -0.3 is 9.74 Å². The molecule has 0 saturated heterocycles. The van der Waals surface area contributed by atoms with E-state index in [0.717, 1.165) is 18.8 Å². The van der Waals surface area contributed by atoms with Gasteiger partial charge in [0, 0.05) is 6.54 Å². The minimum absolute atomic E-state index is 0.259. The first-order chi connectivity index (χ1) is 8.22. The molecular weight excluding hydrogens is 264 g/mol. The first-order valence-corrected chi connectivity index (χ1v) is 9.50. The second-order valence-electron chi connectivity index (χ2n) is 5.91. The fraction of sp³-hybridized carbons (Fsp3) is 0.615. The van der Waals surface area contributed by atoms with Crippen LogP contribution in [0.3, 0.4) is 0 Å². The SMILES string of the molecule is CC(C)(C)[Si](C)(C)OCCNc1ccc(Cl)nc1. The van der Waals surface area contributed by atoms with Crippen molar-refractivity contribution in [3.8, 4) is 0 Å². The van der Waals surface area contributed by atoms with E-state index < -0.39 is 8.32 Å². The Labute approximate surface area is 116 Å². The minimum atomic E-state index is -1.63. The molecule has 0 fully saturated rings. The number of hydrogen-bond acceptors (Lipinski definition) is 3. The smallest absolute Gasteiger partial charge is 0.192 e. The molecule has 0 atom stereocenters. The van der Waals surface area contributed by atoms with E-state index in [9.17, 15) is 0 Å². The summed E-state index contributed by atoms with van der Waals surface area (Å²) < 4.78 is 6.07. The van der Waals surface area contributed by atoms with Gasteiger partial charge in [0.25, 0.3) is 0 Å². The Morgan fingerprint density at radius 1 is 1.33 bits per heavy atom. The van der Waals surface area contributed by atoms with Crippen molar-refractivity contribution in [3.05, 3.63) is 23.5 Å². The number of pyridine rings is 1. The molecule has 0 saturated carbocycles. The maximum absolute atomic E-state index is 6.07. The van der Waals surface area contributed by atoms with Crippen LogP contribution in [-0.4, -0.2) is 26.5 Å². The third kappa shape index (κ3) is 4.59. The molecule has 1 rings (SSSR count). The third-order valence-electron chi connectivity index (χ3n) is 3.43. The fourth-order valence-electron chi connectivity index (χ4n) is 1.20. The maximum Gasteiger partial charge on any atom is 0.192 e. The van der Waals surface area contributed by atoms with Gasteiger partial charge in [0.2, 0.25) is 0 Å². The zero-order chi connectivity index (χ0) is 13.8. The first-order valence-electron chi connectivity index (χ1n) is 6.22. The van der Waals surface area contributed by atoms with E-state index in [2.05, 4.69) is 44.2 Å². The summed E-state index contributed by atoms with van der Waals surface area (Å²) in [6.45, 7) is 12.8. The number of anilines is 1. The summed E-state index contributed by atoms with van der Waals surface area (Å²) in [6.07, 6.45) is 1.73. The third-order valence-corrected chi connectivity index (χ3v) is 8.19. The zero-order valence-electron chi connectivity index (χ0n) is 11.9. The molecule has 0 aliphatic carbocycles. The molecule has 102 valence electrons. The van der Waals surface area contributed by atoms with Crippen LogP contribution in [0.2, 0.25) is 23.3 Å². The highest BCUT2D eigenvalue weighted by Crippen LogP contribution is 2.36. The lowest BCUT2D eigenvalue weighted by Crippen LogP contribution is -2.41. The molecule has 1 N–H and O–H groups in total. The van der Waals surface area contributed by atoms with Crippen molar-refractivity contribution in [2.45, 2.75) is 38.9 Å². The topological polar surface area (TPSA) is 34.1 Å². The molecule has 1 heterocycles. The summed E-state index contributed by atoms with van der Waals surface area (Å²) in [5, 5.41) is 4.04. The van der Waals surface area contributed by atoms with E-state index in [1.54, 1.807) is 12.3 Å². The molecule has 0 amide bonds. The maximum atomic E-state index is 6.07. The molecule has 0 aliphatic rings. The number of halogens is 1. The molecule has 3 nitrogen and oxygen atoms in total. The Balaban J connectivity index is 2.33. The molecule has 18 heavy (non-hydrogen) atoms. The lowest BCUT2D eigenvalue weighted by Gasteiger charge is -2.36. The normalized spacial score (nSPS) is 12.6. The van der Waals surface area contributed by atoms with Gasteiger partial charge in [-0.25, -0.2) is 4.98 Å². The summed E-state index contributed by atoms with van der Waals surface area (Å²) in [6, 6.07) is 3.69. The zero-order valence-corrected chi connectivity index (χ0v) is 13.6. The van der Waals surface area contributed by atoms with E-state index in [0.29, 0.717) is 5.15 Å². The van der Waals surface area contributed by atoms with Crippen LogP contribution in [0.25, 0.3) is 0 Å². The van der Waals surface area contributed by atoms with Crippen molar-refractivity contribution in [1.82, 2.24) is 4.98 Å². The second-order valence-corrected chi connectivity index (χ2v) is 11.1. The van der Waals surface area contributed by atoms with E-state index in [-0.39, 0.29) is 5.04 Å². The van der Waals surface area contributed by atoms with Crippen LogP contribution in [0.1, 0.15) is 20.8 Å². The monoisotopic (exact) mass is 286 g/mol. The Kier molecular flexibility index (Phi) is 5.19. The van der Waals surface area contributed by atoms with Crippen molar-refractivity contribution in [2.24, 2.45) is 0 Å². The highest BCUT2D eigenvalue weighted by Gasteiger charge is 2.36. The van der Waals surface area contributed by atoms with Gasteiger partial charge in [-0.05, 0) is 30.3 Å². The largest absolute Gasteiger partial charge is 0.415 e. The molecular formula is C13H23ClN2OSi. The summed E-state index contributed by atoms with van der Waals surface area (Å²) >= 11 is 5.72. The lowest BCUT2D eigenvalue weighted by molar-refractivity contribution is 0.301. The average molecular weight is 287 g/mol. The number of aromatic nitrogens is 1. The molecule has 1 aromatic rings. The second kappa shape index (κ2) is 6.04. The van der Waals surface area contributed by atoms with E-state index in [1.165, 1.54) is 0 Å². The van der Waals surface area contributed by atoms with Crippen LogP contribution in [-0.2, 0) is 4.43 Å². The molecule has 0 bridgehead atoms. The van der Waals surface area contributed by atoms with Crippen molar-refractivity contribution in [1.29, 1.82) is 0 Å². The summed E-state index contributed by atoms with van der Waals surface area (Å²) in [7, 11) is -1.63. The summed E-state index contributed by atoms with van der Waals surface area (Å²) in [4.78, 5) is 4.02. The fourth-order valence-corrected chi connectivity index (χ4v) is 2.36. The Hall–Kier alpha value is -0.583. The van der Waals surface area contributed by atoms with Gasteiger partial charge in [-0.2, -0.15) is 0 Å². The van der Waals surface area contributed by atoms with Crippen LogP contribution in [0.5, 0.6) is 0 Å². The van der Waals surface area contributed by atoms with Crippen LogP contribution in [0, 0.1) is 0 Å². The Morgan fingerprint density at radius 2 is 2.00 bits per heavy atom. The first kappa shape index (κ1) is 15.5. The van der Waals surface area contributed by atoms with E-state index >= 15 is 0 Å². The molecule has 0 spiro atoms. The van der Waals surface area contributed by atoms with Gasteiger partial charge in [-0.1, -0.05) is 32.4 Å². The summed E-state index contributed by atoms with van der Waals surface area (Å²) in [5.74, 6) is 0. The molecule has 0 radical (unpaired) electrons. The van der Waals surface area contributed by atoms with Crippen molar-refractivity contribution in [2.75, 3.05) is 18.5 Å².